The summed E-state index contributed by atoms with van der Waals surface area (Å²) in [4.78, 5) is 9.47. The highest BCUT2D eigenvalue weighted by atomic mass is 35.5. The molecule has 4 nitrogen and oxygen atoms in total. The van der Waals surface area contributed by atoms with E-state index >= 15 is 0 Å². The number of rotatable bonds is 1. The molecule has 0 aliphatic rings. The van der Waals surface area contributed by atoms with Crippen LogP contribution in [0, 0.1) is 6.92 Å². The first-order valence-electron chi connectivity index (χ1n) is 4.91. The molecule has 0 bridgehead atoms. The van der Waals surface area contributed by atoms with Crippen LogP contribution in [0.5, 0.6) is 0 Å². The molecule has 0 amide bonds. The number of benzene rings is 1. The molecular weight excluding hydrogens is 258 g/mol. The predicted octanol–water partition coefficient (Wildman–Crippen LogP) is 3.50. The number of halogens is 1. The summed E-state index contributed by atoms with van der Waals surface area (Å²) in [5.74, 6) is 0.557. The summed E-state index contributed by atoms with van der Waals surface area (Å²) in [6.07, 6.45) is 0. The highest BCUT2D eigenvalue weighted by Crippen LogP contribution is 2.32. The summed E-state index contributed by atoms with van der Waals surface area (Å²) >= 11 is 7.43. The van der Waals surface area contributed by atoms with Crippen LogP contribution in [0.2, 0.25) is 5.02 Å². The van der Waals surface area contributed by atoms with Gasteiger partial charge in [0.25, 0.3) is 0 Å². The molecule has 0 atom stereocenters. The van der Waals surface area contributed by atoms with Gasteiger partial charge in [0.1, 0.15) is 10.4 Å². The van der Waals surface area contributed by atoms with E-state index in [1.165, 1.54) is 11.3 Å². The molecule has 0 unspecified atom stereocenters. The van der Waals surface area contributed by atoms with Gasteiger partial charge in [0.2, 0.25) is 5.89 Å². The van der Waals surface area contributed by atoms with E-state index in [1.54, 1.807) is 17.6 Å². The molecule has 3 aromatic rings. The second kappa shape index (κ2) is 3.72. The lowest BCUT2D eigenvalue weighted by Gasteiger charge is -1.94. The lowest BCUT2D eigenvalue weighted by atomic mass is 10.3. The van der Waals surface area contributed by atoms with Crippen LogP contribution in [0.3, 0.4) is 0 Å². The van der Waals surface area contributed by atoms with E-state index < -0.39 is 0 Å². The Morgan fingerprint density at radius 2 is 2.24 bits per heavy atom. The molecule has 0 fully saturated rings. The van der Waals surface area contributed by atoms with Crippen molar-refractivity contribution in [3.8, 4) is 10.8 Å². The number of nitrogens with two attached hydrogens (primary N) is 1. The SMILES string of the molecule is Cc1ncsc1-c1nc2cc(Cl)c(N)cc2o1. The number of aromatic nitrogens is 2. The van der Waals surface area contributed by atoms with Crippen molar-refractivity contribution in [3.63, 3.8) is 0 Å². The van der Waals surface area contributed by atoms with Gasteiger partial charge in [-0.05, 0) is 13.0 Å². The van der Waals surface area contributed by atoms with Crippen LogP contribution in [0.1, 0.15) is 5.69 Å². The van der Waals surface area contributed by atoms with Gasteiger partial charge in [-0.1, -0.05) is 11.6 Å². The van der Waals surface area contributed by atoms with Crippen molar-refractivity contribution in [3.05, 3.63) is 28.4 Å². The predicted molar refractivity (Wildman–Crippen MR) is 69.3 cm³/mol. The molecule has 3 rings (SSSR count). The Bertz CT molecular complexity index is 665. The highest BCUT2D eigenvalue weighted by Gasteiger charge is 2.13. The van der Waals surface area contributed by atoms with Crippen molar-refractivity contribution < 1.29 is 4.42 Å². The smallest absolute Gasteiger partial charge is 0.239 e. The Labute approximate surface area is 106 Å². The molecule has 2 N–H and O–H groups in total. The van der Waals surface area contributed by atoms with E-state index in [-0.39, 0.29) is 0 Å². The largest absolute Gasteiger partial charge is 0.435 e. The Morgan fingerprint density at radius 3 is 2.94 bits per heavy atom. The molecule has 0 aliphatic carbocycles. The second-order valence-electron chi connectivity index (χ2n) is 3.63. The maximum Gasteiger partial charge on any atom is 0.239 e. The molecule has 0 spiro atoms. The molecule has 0 radical (unpaired) electrons. The average Bonchev–Trinajstić information content (AvgIpc) is 2.85. The van der Waals surface area contributed by atoms with E-state index in [4.69, 9.17) is 21.8 Å². The minimum Gasteiger partial charge on any atom is -0.435 e. The Balaban J connectivity index is 2.24. The van der Waals surface area contributed by atoms with E-state index in [0.717, 1.165) is 10.6 Å². The van der Waals surface area contributed by atoms with E-state index in [0.29, 0.717) is 27.7 Å². The van der Waals surface area contributed by atoms with Crippen molar-refractivity contribution in [2.24, 2.45) is 0 Å². The summed E-state index contributed by atoms with van der Waals surface area (Å²) in [6.45, 7) is 1.92. The molecule has 0 saturated heterocycles. The number of oxazole rings is 1. The fraction of sp³-hybridized carbons (Fsp3) is 0.0909. The molecule has 86 valence electrons. The molecular formula is C11H8ClN3OS. The van der Waals surface area contributed by atoms with Gasteiger partial charge in [-0.25, -0.2) is 9.97 Å². The summed E-state index contributed by atoms with van der Waals surface area (Å²) in [6, 6.07) is 3.39. The number of anilines is 1. The van der Waals surface area contributed by atoms with Crippen molar-refractivity contribution in [1.82, 2.24) is 9.97 Å². The third-order valence-corrected chi connectivity index (χ3v) is 3.69. The molecule has 2 heterocycles. The van der Waals surface area contributed by atoms with Gasteiger partial charge in [0, 0.05) is 6.07 Å². The number of fused-ring (bicyclic) bond motifs is 1. The van der Waals surface area contributed by atoms with Crippen LogP contribution in [0.25, 0.3) is 21.9 Å². The Kier molecular flexibility index (Phi) is 2.31. The van der Waals surface area contributed by atoms with Crippen LogP contribution in [0.15, 0.2) is 22.1 Å². The molecule has 0 saturated carbocycles. The first kappa shape index (κ1) is 10.6. The fourth-order valence-electron chi connectivity index (χ4n) is 1.57. The molecule has 2 aromatic heterocycles. The maximum atomic E-state index is 5.94. The van der Waals surface area contributed by atoms with Crippen LogP contribution in [-0.2, 0) is 0 Å². The van der Waals surface area contributed by atoms with Gasteiger partial charge in [-0.3, -0.25) is 0 Å². The van der Waals surface area contributed by atoms with Gasteiger partial charge < -0.3 is 10.2 Å². The van der Waals surface area contributed by atoms with Crippen molar-refractivity contribution in [1.29, 1.82) is 0 Å². The van der Waals surface area contributed by atoms with Gasteiger partial charge in [-0.15, -0.1) is 11.3 Å². The maximum absolute atomic E-state index is 5.94. The summed E-state index contributed by atoms with van der Waals surface area (Å²) in [7, 11) is 0. The number of nitrogen functional groups attached to an aromatic ring is 1. The minimum absolute atomic E-state index is 0.485. The van der Waals surface area contributed by atoms with Crippen LogP contribution in [0.4, 0.5) is 5.69 Å². The van der Waals surface area contributed by atoms with Crippen molar-refractivity contribution in [2.75, 3.05) is 5.73 Å². The first-order chi connectivity index (χ1) is 8.15. The lowest BCUT2D eigenvalue weighted by Crippen LogP contribution is -1.84. The number of thiazole rings is 1. The summed E-state index contributed by atoms with van der Waals surface area (Å²) in [5.41, 5.74) is 10.2. The highest BCUT2D eigenvalue weighted by molar-refractivity contribution is 7.13. The van der Waals surface area contributed by atoms with Crippen LogP contribution < -0.4 is 5.73 Å². The van der Waals surface area contributed by atoms with Crippen LogP contribution >= 0.6 is 22.9 Å². The molecule has 0 aliphatic heterocycles. The first-order valence-corrected chi connectivity index (χ1v) is 6.17. The number of aryl methyl sites for hydroxylation is 1. The molecule has 6 heteroatoms. The summed E-state index contributed by atoms with van der Waals surface area (Å²) in [5, 5.41) is 0.485. The van der Waals surface area contributed by atoms with Gasteiger partial charge >= 0.3 is 0 Å². The van der Waals surface area contributed by atoms with Crippen molar-refractivity contribution >= 4 is 39.7 Å². The zero-order chi connectivity index (χ0) is 12.0. The summed E-state index contributed by atoms with van der Waals surface area (Å²) < 4.78 is 5.65. The third kappa shape index (κ3) is 1.67. The minimum atomic E-state index is 0.485. The van der Waals surface area contributed by atoms with E-state index in [9.17, 15) is 0 Å². The average molecular weight is 266 g/mol. The van der Waals surface area contributed by atoms with Gasteiger partial charge in [0.05, 0.1) is 21.9 Å². The van der Waals surface area contributed by atoms with Crippen LogP contribution in [-0.4, -0.2) is 9.97 Å². The quantitative estimate of drug-likeness (QED) is 0.684. The zero-order valence-electron chi connectivity index (χ0n) is 8.90. The third-order valence-electron chi connectivity index (χ3n) is 2.45. The lowest BCUT2D eigenvalue weighted by molar-refractivity contribution is 0.621. The number of hydrogen-bond donors (Lipinski definition) is 1. The number of hydrogen-bond acceptors (Lipinski definition) is 5. The topological polar surface area (TPSA) is 64.9 Å². The van der Waals surface area contributed by atoms with Gasteiger partial charge in [0.15, 0.2) is 5.58 Å². The standard InChI is InChI=1S/C11H8ClN3OS/c1-5-10(17-4-14-5)11-15-8-2-6(12)7(13)3-9(8)16-11/h2-4H,13H2,1H3. The fourth-order valence-corrected chi connectivity index (χ4v) is 2.45. The monoisotopic (exact) mass is 265 g/mol. The van der Waals surface area contributed by atoms with E-state index in [2.05, 4.69) is 9.97 Å². The molecule has 1 aromatic carbocycles. The van der Waals surface area contributed by atoms with E-state index in [1.807, 2.05) is 6.92 Å². The Morgan fingerprint density at radius 1 is 1.41 bits per heavy atom. The Hall–Kier alpha value is -1.59. The van der Waals surface area contributed by atoms with Crippen molar-refractivity contribution in [2.45, 2.75) is 6.92 Å². The number of nitrogens with zero attached hydrogens (tertiary/aromatic N) is 2. The second-order valence-corrected chi connectivity index (χ2v) is 4.89. The zero-order valence-corrected chi connectivity index (χ0v) is 10.5. The molecule has 17 heavy (non-hydrogen) atoms. The normalized spacial score (nSPS) is 11.2. The van der Waals surface area contributed by atoms with Gasteiger partial charge in [-0.2, -0.15) is 0 Å².